The minimum Gasteiger partial charge on any atom is -0.363 e. The predicted molar refractivity (Wildman–Crippen MR) is 97.0 cm³/mol. The Morgan fingerprint density at radius 3 is 2.36 bits per heavy atom. The van der Waals surface area contributed by atoms with E-state index in [-0.39, 0.29) is 11.5 Å². The number of benzene rings is 2. The maximum absolute atomic E-state index is 11.5. The zero-order valence-corrected chi connectivity index (χ0v) is 14.2. The summed E-state index contributed by atoms with van der Waals surface area (Å²) in [7, 11) is 0. The third-order valence-corrected chi connectivity index (χ3v) is 4.54. The summed E-state index contributed by atoms with van der Waals surface area (Å²) >= 11 is 0. The van der Waals surface area contributed by atoms with E-state index in [0.29, 0.717) is 11.3 Å². The van der Waals surface area contributed by atoms with E-state index in [2.05, 4.69) is 17.0 Å². The molecule has 0 unspecified atom stereocenters. The minimum absolute atomic E-state index is 0.00390. The van der Waals surface area contributed by atoms with Gasteiger partial charge in [0.1, 0.15) is 5.69 Å². The van der Waals surface area contributed by atoms with Crippen molar-refractivity contribution >= 4 is 17.2 Å². The lowest BCUT2D eigenvalue weighted by Gasteiger charge is -2.35. The van der Waals surface area contributed by atoms with Gasteiger partial charge in [0.2, 0.25) is 0 Å². The van der Waals surface area contributed by atoms with Crippen LogP contribution in [0.15, 0.2) is 48.5 Å². The Hall–Kier alpha value is -2.73. The summed E-state index contributed by atoms with van der Waals surface area (Å²) in [6.45, 7) is 5.46. The molecule has 0 amide bonds. The highest BCUT2D eigenvalue weighted by Crippen LogP contribution is 2.30. The summed E-state index contributed by atoms with van der Waals surface area (Å²) in [5.74, 6) is -0.165. The van der Waals surface area contributed by atoms with Crippen molar-refractivity contribution in [2.75, 3.05) is 31.1 Å². The van der Waals surface area contributed by atoms with E-state index < -0.39 is 4.92 Å². The van der Waals surface area contributed by atoms with Crippen LogP contribution in [0.3, 0.4) is 0 Å². The van der Waals surface area contributed by atoms with Crippen molar-refractivity contribution in [2.45, 2.75) is 13.5 Å². The first-order chi connectivity index (χ1) is 12.0. The molecule has 2 aromatic rings. The molecule has 25 heavy (non-hydrogen) atoms. The Balaban J connectivity index is 1.70. The number of Topliss-reactive ketones (excluding diaryl/α,β-unsaturated/α-hetero) is 1. The molecule has 0 atom stereocenters. The Morgan fingerprint density at radius 2 is 1.76 bits per heavy atom. The molecule has 0 N–H and O–H groups in total. The Kier molecular flexibility index (Phi) is 5.09. The van der Waals surface area contributed by atoms with Crippen LogP contribution in [0.2, 0.25) is 0 Å². The van der Waals surface area contributed by atoms with E-state index in [0.717, 1.165) is 32.7 Å². The number of piperazine rings is 1. The molecule has 1 aliphatic heterocycles. The smallest absolute Gasteiger partial charge is 0.293 e. The Bertz CT molecular complexity index is 769. The zero-order valence-electron chi connectivity index (χ0n) is 14.2. The predicted octanol–water partition coefficient (Wildman–Crippen LogP) is 3.12. The normalized spacial score (nSPS) is 15.2. The molecule has 6 nitrogen and oxygen atoms in total. The van der Waals surface area contributed by atoms with Crippen LogP contribution in [0.25, 0.3) is 0 Å². The van der Waals surface area contributed by atoms with Crippen LogP contribution < -0.4 is 4.90 Å². The second-order valence-corrected chi connectivity index (χ2v) is 6.27. The molecule has 1 saturated heterocycles. The van der Waals surface area contributed by atoms with E-state index in [1.165, 1.54) is 18.6 Å². The fourth-order valence-corrected chi connectivity index (χ4v) is 3.14. The van der Waals surface area contributed by atoms with Gasteiger partial charge in [-0.1, -0.05) is 30.3 Å². The lowest BCUT2D eigenvalue weighted by atomic mass is 10.1. The summed E-state index contributed by atoms with van der Waals surface area (Å²) < 4.78 is 0. The monoisotopic (exact) mass is 339 g/mol. The highest BCUT2D eigenvalue weighted by atomic mass is 16.6. The highest BCUT2D eigenvalue weighted by Gasteiger charge is 2.24. The molecule has 0 bridgehead atoms. The van der Waals surface area contributed by atoms with Gasteiger partial charge in [-0.05, 0) is 24.6 Å². The van der Waals surface area contributed by atoms with Crippen LogP contribution in [0.4, 0.5) is 11.4 Å². The number of nitro groups is 1. The number of anilines is 1. The number of hydrogen-bond donors (Lipinski definition) is 0. The van der Waals surface area contributed by atoms with Crippen LogP contribution in [-0.2, 0) is 6.54 Å². The molecule has 0 radical (unpaired) electrons. The average Bonchev–Trinajstić information content (AvgIpc) is 2.62. The van der Waals surface area contributed by atoms with Crippen molar-refractivity contribution in [3.63, 3.8) is 0 Å². The molecular weight excluding hydrogens is 318 g/mol. The zero-order chi connectivity index (χ0) is 17.8. The standard InChI is InChI=1S/C19H21N3O3/c1-15(23)17-7-8-18(19(13-17)22(24)25)21-11-9-20(10-12-21)14-16-5-3-2-4-6-16/h2-8,13H,9-12,14H2,1H3. The second-order valence-electron chi connectivity index (χ2n) is 6.27. The van der Waals surface area contributed by atoms with E-state index in [1.54, 1.807) is 12.1 Å². The first-order valence-corrected chi connectivity index (χ1v) is 8.35. The maximum Gasteiger partial charge on any atom is 0.293 e. The number of rotatable bonds is 5. The number of nitrogens with zero attached hydrogens (tertiary/aromatic N) is 3. The number of carbonyl (C=O) groups is 1. The SMILES string of the molecule is CC(=O)c1ccc(N2CCN(Cc3ccccc3)CC2)c([N+](=O)[O-])c1. The first kappa shape index (κ1) is 17.1. The van der Waals surface area contributed by atoms with Crippen molar-refractivity contribution in [1.82, 2.24) is 4.90 Å². The van der Waals surface area contributed by atoms with Gasteiger partial charge in [0.25, 0.3) is 5.69 Å². The van der Waals surface area contributed by atoms with E-state index in [9.17, 15) is 14.9 Å². The van der Waals surface area contributed by atoms with Gasteiger partial charge in [0, 0.05) is 44.4 Å². The van der Waals surface area contributed by atoms with Gasteiger partial charge < -0.3 is 4.90 Å². The quantitative estimate of drug-likeness (QED) is 0.476. The molecule has 6 heteroatoms. The molecule has 0 aliphatic carbocycles. The van der Waals surface area contributed by atoms with Gasteiger partial charge in [-0.15, -0.1) is 0 Å². The van der Waals surface area contributed by atoms with Gasteiger partial charge >= 0.3 is 0 Å². The van der Waals surface area contributed by atoms with Gasteiger partial charge in [0.15, 0.2) is 5.78 Å². The second kappa shape index (κ2) is 7.44. The molecule has 3 rings (SSSR count). The van der Waals surface area contributed by atoms with Crippen molar-refractivity contribution in [3.05, 3.63) is 69.8 Å². The minimum atomic E-state index is -0.405. The topological polar surface area (TPSA) is 66.7 Å². The van der Waals surface area contributed by atoms with Gasteiger partial charge in [-0.2, -0.15) is 0 Å². The van der Waals surface area contributed by atoms with E-state index in [4.69, 9.17) is 0 Å². The van der Waals surface area contributed by atoms with E-state index >= 15 is 0 Å². The molecule has 1 heterocycles. The fraction of sp³-hybridized carbons (Fsp3) is 0.316. The largest absolute Gasteiger partial charge is 0.363 e. The number of nitro benzene ring substituents is 1. The van der Waals surface area contributed by atoms with Crippen LogP contribution in [-0.4, -0.2) is 41.8 Å². The van der Waals surface area contributed by atoms with Gasteiger partial charge in [0.05, 0.1) is 4.92 Å². The molecule has 1 aliphatic rings. The summed E-state index contributed by atoms with van der Waals surface area (Å²) in [5.41, 5.74) is 2.24. The number of carbonyl (C=O) groups excluding carboxylic acids is 1. The van der Waals surface area contributed by atoms with Crippen LogP contribution in [0.1, 0.15) is 22.8 Å². The summed E-state index contributed by atoms with van der Waals surface area (Å²) in [6.07, 6.45) is 0. The average molecular weight is 339 g/mol. The van der Waals surface area contributed by atoms with Crippen molar-refractivity contribution in [2.24, 2.45) is 0 Å². The maximum atomic E-state index is 11.5. The van der Waals surface area contributed by atoms with Crippen molar-refractivity contribution in [1.29, 1.82) is 0 Å². The third kappa shape index (κ3) is 4.03. The van der Waals surface area contributed by atoms with Gasteiger partial charge in [-0.25, -0.2) is 0 Å². The summed E-state index contributed by atoms with van der Waals surface area (Å²) in [5, 5.41) is 11.4. The molecule has 0 aromatic heterocycles. The molecule has 0 spiro atoms. The van der Waals surface area contributed by atoms with Crippen molar-refractivity contribution in [3.8, 4) is 0 Å². The lowest BCUT2D eigenvalue weighted by Crippen LogP contribution is -2.46. The van der Waals surface area contributed by atoms with Crippen molar-refractivity contribution < 1.29 is 9.72 Å². The first-order valence-electron chi connectivity index (χ1n) is 8.35. The van der Waals surface area contributed by atoms with Crippen LogP contribution in [0, 0.1) is 10.1 Å². The molecule has 1 fully saturated rings. The summed E-state index contributed by atoms with van der Waals surface area (Å²) in [6, 6.07) is 15.0. The highest BCUT2D eigenvalue weighted by molar-refractivity contribution is 5.95. The Labute approximate surface area is 146 Å². The Morgan fingerprint density at radius 1 is 1.08 bits per heavy atom. The van der Waals surface area contributed by atoms with Crippen LogP contribution in [0.5, 0.6) is 0 Å². The van der Waals surface area contributed by atoms with E-state index in [1.807, 2.05) is 23.1 Å². The molecule has 0 saturated carbocycles. The number of hydrogen-bond acceptors (Lipinski definition) is 5. The summed E-state index contributed by atoms with van der Waals surface area (Å²) in [4.78, 5) is 26.9. The fourth-order valence-electron chi connectivity index (χ4n) is 3.14. The third-order valence-electron chi connectivity index (χ3n) is 4.54. The lowest BCUT2D eigenvalue weighted by molar-refractivity contribution is -0.384. The molecule has 2 aromatic carbocycles. The number of ketones is 1. The molecule has 130 valence electrons. The van der Waals surface area contributed by atoms with Crippen LogP contribution >= 0.6 is 0 Å². The molecular formula is C19H21N3O3. The van der Waals surface area contributed by atoms with Gasteiger partial charge in [-0.3, -0.25) is 19.8 Å².